The molecule has 0 fully saturated rings. The summed E-state index contributed by atoms with van der Waals surface area (Å²) in [5, 5.41) is 0. The zero-order chi connectivity index (χ0) is 27.2. The Balaban J connectivity index is 1.69. The Morgan fingerprint density at radius 2 is 1.33 bits per heavy atom. The molecule has 200 valence electrons. The summed E-state index contributed by atoms with van der Waals surface area (Å²) in [4.78, 5) is 2.56. The van der Waals surface area contributed by atoms with E-state index < -0.39 is 0 Å². The monoisotopic (exact) mass is 521 g/mol. The molecule has 0 aromatic heterocycles. The maximum absolute atomic E-state index is 5.76. The van der Waals surface area contributed by atoms with E-state index in [4.69, 9.17) is 18.9 Å². The molecule has 5 heteroatoms. The maximum Gasteiger partial charge on any atom is 0.161 e. The summed E-state index contributed by atoms with van der Waals surface area (Å²) in [5.74, 6) is 3.18. The Bertz CT molecular complexity index is 1410. The highest BCUT2D eigenvalue weighted by Gasteiger charge is 2.31. The predicted octanol–water partition coefficient (Wildman–Crippen LogP) is 7.06. The smallest absolute Gasteiger partial charge is 0.161 e. The van der Waals surface area contributed by atoms with Gasteiger partial charge in [-0.2, -0.15) is 0 Å². The van der Waals surface area contributed by atoms with Crippen LogP contribution in [0.2, 0.25) is 0 Å². The summed E-state index contributed by atoms with van der Waals surface area (Å²) in [5.41, 5.74) is 7.22. The molecule has 5 rings (SSSR count). The average molecular weight is 522 g/mol. The predicted molar refractivity (Wildman–Crippen MR) is 157 cm³/mol. The van der Waals surface area contributed by atoms with Crippen LogP contribution in [0.5, 0.6) is 23.0 Å². The van der Waals surface area contributed by atoms with Gasteiger partial charge in [0.1, 0.15) is 11.5 Å². The van der Waals surface area contributed by atoms with Gasteiger partial charge in [0.05, 0.1) is 34.5 Å². The van der Waals surface area contributed by atoms with Gasteiger partial charge in [-0.25, -0.2) is 0 Å². The van der Waals surface area contributed by atoms with E-state index in [2.05, 4.69) is 77.7 Å². The van der Waals surface area contributed by atoms with Gasteiger partial charge in [0, 0.05) is 13.1 Å². The van der Waals surface area contributed by atoms with Gasteiger partial charge in [0.2, 0.25) is 0 Å². The molecular weight excluding hydrogens is 486 g/mol. The third kappa shape index (κ3) is 5.79. The van der Waals surface area contributed by atoms with Crippen LogP contribution in [0, 0.1) is 0 Å². The second-order valence-corrected chi connectivity index (χ2v) is 9.62. The van der Waals surface area contributed by atoms with Crippen molar-refractivity contribution in [3.05, 3.63) is 119 Å². The lowest BCUT2D eigenvalue weighted by Crippen LogP contribution is -2.29. The van der Waals surface area contributed by atoms with Gasteiger partial charge in [-0.15, -0.1) is 0 Å². The van der Waals surface area contributed by atoms with Gasteiger partial charge in [-0.1, -0.05) is 54.6 Å². The molecule has 0 saturated heterocycles. The summed E-state index contributed by atoms with van der Waals surface area (Å²) in [6.07, 6.45) is 3.18. The molecule has 0 aliphatic carbocycles. The molecule has 0 saturated carbocycles. The van der Waals surface area contributed by atoms with E-state index >= 15 is 0 Å². The van der Waals surface area contributed by atoms with E-state index in [1.165, 1.54) is 27.8 Å². The lowest BCUT2D eigenvalue weighted by Gasteiger charge is -2.32. The fraction of sp³-hybridized carbons (Fsp3) is 0.235. The number of benzene rings is 4. The normalized spacial score (nSPS) is 16.3. The van der Waals surface area contributed by atoms with Crippen LogP contribution in [-0.4, -0.2) is 39.9 Å². The van der Waals surface area contributed by atoms with Crippen LogP contribution in [0.15, 0.2) is 91.0 Å². The van der Waals surface area contributed by atoms with Crippen molar-refractivity contribution in [2.75, 3.05) is 35.0 Å². The van der Waals surface area contributed by atoms with Crippen molar-refractivity contribution < 1.29 is 18.9 Å². The molecule has 0 amide bonds. The Hall–Kier alpha value is -4.22. The molecule has 0 bridgehead atoms. The van der Waals surface area contributed by atoms with Gasteiger partial charge < -0.3 is 18.9 Å². The van der Waals surface area contributed by atoms with Crippen molar-refractivity contribution in [3.63, 3.8) is 0 Å². The summed E-state index contributed by atoms with van der Waals surface area (Å²) in [7, 11) is 6.78. The fourth-order valence-electron chi connectivity index (χ4n) is 5.33. The second kappa shape index (κ2) is 12.1. The van der Waals surface area contributed by atoms with Crippen LogP contribution in [0.3, 0.4) is 0 Å². The molecule has 1 aliphatic rings. The zero-order valence-corrected chi connectivity index (χ0v) is 23.0. The minimum atomic E-state index is 0.0229. The molecule has 4 aromatic rings. The summed E-state index contributed by atoms with van der Waals surface area (Å²) in [6, 6.07) is 31.6. The summed E-state index contributed by atoms with van der Waals surface area (Å²) >= 11 is 0. The van der Waals surface area contributed by atoms with E-state index in [0.717, 1.165) is 48.1 Å². The van der Waals surface area contributed by atoms with E-state index in [1.54, 1.807) is 28.4 Å². The molecule has 0 N–H and O–H groups in total. The highest BCUT2D eigenvalue weighted by molar-refractivity contribution is 5.87. The number of hydrogen-bond donors (Lipinski definition) is 0. The number of methoxy groups -OCH3 is 4. The Morgan fingerprint density at radius 1 is 0.718 bits per heavy atom. The average Bonchev–Trinajstić information content (AvgIpc) is 3.13. The first kappa shape index (κ1) is 26.4. The number of ether oxygens (including phenoxy) is 4. The SMILES string of the molecule is COc1ccc(/C=C2/c3cc(OC)c(OC)cc3CCN(Cc3ccc(OC)cc3)C2c2ccccc2)cc1. The number of fused-ring (bicyclic) bond motifs is 1. The zero-order valence-electron chi connectivity index (χ0n) is 23.0. The Kier molecular flexibility index (Phi) is 8.18. The molecule has 5 nitrogen and oxygen atoms in total. The summed E-state index contributed by atoms with van der Waals surface area (Å²) < 4.78 is 22.3. The standard InChI is InChI=1S/C34H35NO4/c1-36-28-14-10-24(11-15-28)20-31-30-22-33(39-4)32(38-3)21-27(30)18-19-35(34(31)26-8-6-5-7-9-26)23-25-12-16-29(37-2)17-13-25/h5-17,20-22,34H,18-19,23H2,1-4H3/b31-20-. The van der Waals surface area contributed by atoms with Gasteiger partial charge >= 0.3 is 0 Å². The van der Waals surface area contributed by atoms with Crippen molar-refractivity contribution in [3.8, 4) is 23.0 Å². The Morgan fingerprint density at radius 3 is 1.95 bits per heavy atom. The van der Waals surface area contributed by atoms with Crippen molar-refractivity contribution in [2.45, 2.75) is 19.0 Å². The first-order chi connectivity index (χ1) is 19.1. The van der Waals surface area contributed by atoms with Crippen LogP contribution in [0.25, 0.3) is 11.6 Å². The van der Waals surface area contributed by atoms with Gasteiger partial charge in [0.25, 0.3) is 0 Å². The van der Waals surface area contributed by atoms with E-state index in [1.807, 2.05) is 24.3 Å². The number of nitrogens with zero attached hydrogens (tertiary/aromatic N) is 1. The molecule has 1 aliphatic heterocycles. The molecule has 39 heavy (non-hydrogen) atoms. The molecular formula is C34H35NO4. The van der Waals surface area contributed by atoms with Gasteiger partial charge in [-0.3, -0.25) is 4.90 Å². The van der Waals surface area contributed by atoms with Crippen molar-refractivity contribution in [1.29, 1.82) is 0 Å². The molecule has 1 heterocycles. The van der Waals surface area contributed by atoms with Crippen LogP contribution >= 0.6 is 0 Å². The number of hydrogen-bond acceptors (Lipinski definition) is 5. The third-order valence-electron chi connectivity index (χ3n) is 7.35. The minimum absolute atomic E-state index is 0.0229. The second-order valence-electron chi connectivity index (χ2n) is 9.62. The van der Waals surface area contributed by atoms with Gasteiger partial charge in [0.15, 0.2) is 11.5 Å². The van der Waals surface area contributed by atoms with Crippen LogP contribution in [0.1, 0.15) is 33.9 Å². The molecule has 1 unspecified atom stereocenters. The summed E-state index contributed by atoms with van der Waals surface area (Å²) in [6.45, 7) is 1.68. The van der Waals surface area contributed by atoms with Crippen LogP contribution < -0.4 is 18.9 Å². The van der Waals surface area contributed by atoms with E-state index in [-0.39, 0.29) is 6.04 Å². The highest BCUT2D eigenvalue weighted by Crippen LogP contribution is 2.44. The molecule has 1 atom stereocenters. The van der Waals surface area contributed by atoms with Gasteiger partial charge in [-0.05, 0) is 82.3 Å². The van der Waals surface area contributed by atoms with Crippen LogP contribution in [0.4, 0.5) is 0 Å². The first-order valence-electron chi connectivity index (χ1n) is 13.2. The third-order valence-corrected chi connectivity index (χ3v) is 7.35. The molecule has 0 radical (unpaired) electrons. The topological polar surface area (TPSA) is 40.2 Å². The largest absolute Gasteiger partial charge is 0.497 e. The van der Waals surface area contributed by atoms with E-state index in [0.29, 0.717) is 0 Å². The molecule has 4 aromatic carbocycles. The van der Waals surface area contributed by atoms with Crippen LogP contribution in [-0.2, 0) is 13.0 Å². The highest BCUT2D eigenvalue weighted by atomic mass is 16.5. The van der Waals surface area contributed by atoms with Crippen molar-refractivity contribution >= 4 is 11.6 Å². The minimum Gasteiger partial charge on any atom is -0.497 e. The maximum atomic E-state index is 5.76. The number of rotatable bonds is 8. The lowest BCUT2D eigenvalue weighted by atomic mass is 9.88. The van der Waals surface area contributed by atoms with Crippen molar-refractivity contribution in [1.82, 2.24) is 4.90 Å². The fourth-order valence-corrected chi connectivity index (χ4v) is 5.33. The first-order valence-corrected chi connectivity index (χ1v) is 13.2. The lowest BCUT2D eigenvalue weighted by molar-refractivity contribution is 0.235. The van der Waals surface area contributed by atoms with E-state index in [9.17, 15) is 0 Å². The molecule has 0 spiro atoms. The quantitative estimate of drug-likeness (QED) is 0.248. The van der Waals surface area contributed by atoms with Crippen molar-refractivity contribution in [2.24, 2.45) is 0 Å². The Labute approximate surface area is 231 Å².